The van der Waals surface area contributed by atoms with Gasteiger partial charge in [0.1, 0.15) is 25.3 Å². The lowest BCUT2D eigenvalue weighted by molar-refractivity contribution is -0.147. The second kappa shape index (κ2) is 20.8. The number of halogens is 4. The van der Waals surface area contributed by atoms with Crippen LogP contribution in [0.4, 0.5) is 22.4 Å². The normalized spacial score (nSPS) is 12.0. The molecule has 6 rings (SSSR count). The van der Waals surface area contributed by atoms with Gasteiger partial charge in [-0.1, -0.05) is 60.7 Å². The lowest BCUT2D eigenvalue weighted by Gasteiger charge is -2.18. The summed E-state index contributed by atoms with van der Waals surface area (Å²) in [5.74, 6) is -3.22. The Bertz CT molecular complexity index is 2400. The van der Waals surface area contributed by atoms with Crippen LogP contribution in [0.2, 0.25) is 0 Å². The van der Waals surface area contributed by atoms with E-state index in [1.165, 1.54) is 36.7 Å². The number of carbonyl (C=O) groups is 5. The summed E-state index contributed by atoms with van der Waals surface area (Å²) in [6, 6.07) is 20.6. The topological polar surface area (TPSA) is 212 Å². The van der Waals surface area contributed by atoms with Gasteiger partial charge in [-0.15, -0.1) is 22.7 Å². The molecule has 4 aromatic heterocycles. The largest absolute Gasteiger partial charge is 0.480 e. The van der Waals surface area contributed by atoms with E-state index in [2.05, 4.69) is 25.9 Å². The number of amides is 3. The number of carbonyl (C=O) groups excluding carboxylic acids is 4. The molecule has 14 nitrogen and oxygen atoms in total. The lowest BCUT2D eigenvalue weighted by Crippen LogP contribution is -2.49. The van der Waals surface area contributed by atoms with E-state index in [-0.39, 0.29) is 62.1 Å². The third-order valence-corrected chi connectivity index (χ3v) is 10.4. The third kappa shape index (κ3) is 12.2. The van der Waals surface area contributed by atoms with Gasteiger partial charge < -0.3 is 36.3 Å². The van der Waals surface area contributed by atoms with Crippen LogP contribution in [0.25, 0.3) is 20.4 Å². The van der Waals surface area contributed by atoms with Crippen molar-refractivity contribution in [2.24, 2.45) is 5.73 Å². The van der Waals surface area contributed by atoms with E-state index in [1.807, 2.05) is 12.1 Å². The predicted octanol–water partition coefficient (Wildman–Crippen LogP) is 6.38. The Morgan fingerprint density at radius 1 is 0.678 bits per heavy atom. The number of thiophene rings is 2. The van der Waals surface area contributed by atoms with Gasteiger partial charge in [-0.3, -0.25) is 24.4 Å². The first-order valence-corrected chi connectivity index (χ1v) is 19.0. The van der Waals surface area contributed by atoms with E-state index in [1.54, 1.807) is 48.5 Å². The van der Waals surface area contributed by atoms with Crippen LogP contribution in [-0.2, 0) is 32.3 Å². The number of aromatic nitrogens is 2. The highest BCUT2D eigenvalue weighted by molar-refractivity contribution is 7.21. The van der Waals surface area contributed by atoms with Crippen molar-refractivity contribution in [1.82, 2.24) is 25.9 Å². The van der Waals surface area contributed by atoms with Gasteiger partial charge in [0.25, 0.3) is 24.7 Å². The number of hydrogen-bond donors (Lipinski definition) is 5. The van der Waals surface area contributed by atoms with E-state index < -0.39 is 54.8 Å². The number of benzene rings is 2. The summed E-state index contributed by atoms with van der Waals surface area (Å²) >= 11 is 1.74. The molecule has 3 amide bonds. The molecule has 0 aliphatic rings. The second-order valence-corrected chi connectivity index (χ2v) is 14.4. The van der Waals surface area contributed by atoms with Crippen molar-refractivity contribution in [3.05, 3.63) is 129 Å². The molecular weight excluding hydrogens is 821 g/mol. The molecule has 20 heteroatoms. The van der Waals surface area contributed by atoms with Crippen LogP contribution >= 0.6 is 22.7 Å². The Hall–Kier alpha value is -6.51. The first-order valence-electron chi connectivity index (χ1n) is 17.4. The summed E-state index contributed by atoms with van der Waals surface area (Å²) in [6.45, 7) is -0.636. The number of esters is 1. The van der Waals surface area contributed by atoms with Crippen molar-refractivity contribution in [1.29, 1.82) is 0 Å². The molecule has 0 bridgehead atoms. The number of carboxylic acids is 1. The molecule has 0 fully saturated rings. The van der Waals surface area contributed by atoms with Crippen LogP contribution in [0.15, 0.2) is 97.3 Å². The maximum Gasteiger partial charge on any atom is 0.408 e. The average Bonchev–Trinajstić information content (AvgIpc) is 3.89. The van der Waals surface area contributed by atoms with Gasteiger partial charge in [-0.05, 0) is 35.4 Å². The van der Waals surface area contributed by atoms with E-state index in [0.29, 0.717) is 5.52 Å². The highest BCUT2D eigenvalue weighted by Gasteiger charge is 2.26. The smallest absolute Gasteiger partial charge is 0.408 e. The quantitative estimate of drug-likeness (QED) is 0.0565. The van der Waals surface area contributed by atoms with Crippen molar-refractivity contribution in [2.75, 3.05) is 13.1 Å². The number of aliphatic carboxylic acids is 1. The molecule has 4 heterocycles. The van der Waals surface area contributed by atoms with Gasteiger partial charge >= 0.3 is 18.0 Å². The number of fused-ring (bicyclic) bond motifs is 2. The van der Waals surface area contributed by atoms with Gasteiger partial charge in [-0.2, -0.15) is 0 Å². The fraction of sp³-hybridized carbons (Fsp3) is 0.205. The summed E-state index contributed by atoms with van der Waals surface area (Å²) in [4.78, 5) is 68.7. The zero-order chi connectivity index (χ0) is 42.5. The number of nitrogens with two attached hydrogens (primary N) is 1. The van der Waals surface area contributed by atoms with E-state index in [4.69, 9.17) is 20.3 Å². The van der Waals surface area contributed by atoms with Crippen LogP contribution in [-0.4, -0.2) is 70.1 Å². The van der Waals surface area contributed by atoms with Gasteiger partial charge in [0.2, 0.25) is 0 Å². The summed E-state index contributed by atoms with van der Waals surface area (Å²) in [5, 5.41) is 15.9. The SMILES string of the molecule is N[C@H](CNC(=O)c1cc2nccc(C(F)F)c2s1)C(=O)O.O=C(N[C@H](CNC(=O)c1cc2nccc(C(F)F)c2s1)C(=O)OCc1ccccc1)OCc1ccccc1. The predicted molar refractivity (Wildman–Crippen MR) is 209 cm³/mol. The fourth-order valence-electron chi connectivity index (χ4n) is 5.07. The van der Waals surface area contributed by atoms with Gasteiger partial charge in [0.05, 0.1) is 30.2 Å². The minimum atomic E-state index is -2.72. The van der Waals surface area contributed by atoms with Crippen LogP contribution < -0.4 is 21.7 Å². The molecule has 0 saturated carbocycles. The molecule has 0 aliphatic carbocycles. The number of nitrogens with one attached hydrogen (secondary N) is 3. The zero-order valence-corrected chi connectivity index (χ0v) is 32.1. The van der Waals surface area contributed by atoms with Crippen molar-refractivity contribution in [3.8, 4) is 0 Å². The number of hydrogen-bond acceptors (Lipinski definition) is 12. The maximum atomic E-state index is 13.3. The number of rotatable bonds is 15. The van der Waals surface area contributed by atoms with Crippen molar-refractivity contribution in [3.63, 3.8) is 0 Å². The Kier molecular flexibility index (Phi) is 15.4. The second-order valence-electron chi connectivity index (χ2n) is 12.3. The Morgan fingerprint density at radius 3 is 1.59 bits per heavy atom. The molecule has 2 atom stereocenters. The first kappa shape index (κ1) is 43.6. The number of alkyl halides is 4. The number of ether oxygens (including phenoxy) is 2. The molecule has 6 aromatic rings. The number of carboxylic acid groups (broad SMARTS) is 1. The Labute approximate surface area is 340 Å². The standard InChI is InChI=1S/C27H23F2N3O5S.C12H11F2N3O3S/c28-24(29)19-11-12-30-20-13-22(38-23(19)20)25(33)31-14-21(26(34)36-15-17-7-3-1-4-8-17)32-27(35)37-16-18-9-5-2-6-10-18;13-10(14)5-1-2-16-7-3-8(21-9(5)7)11(18)17-4-6(15)12(19)20/h1-13,21,24H,14-16H2,(H,31,33)(H,32,35);1-3,6,10H,4,15H2,(H,17,18)(H,19,20)/t21-;6-/m11/s1. The zero-order valence-electron chi connectivity index (χ0n) is 30.5. The van der Waals surface area contributed by atoms with E-state index >= 15 is 0 Å². The van der Waals surface area contributed by atoms with Crippen molar-refractivity contribution < 1.29 is 56.1 Å². The van der Waals surface area contributed by atoms with Crippen LogP contribution in [0.3, 0.4) is 0 Å². The highest BCUT2D eigenvalue weighted by atomic mass is 32.1. The lowest BCUT2D eigenvalue weighted by atomic mass is 10.2. The maximum absolute atomic E-state index is 13.3. The third-order valence-electron chi connectivity index (χ3n) is 8.08. The minimum absolute atomic E-state index is 0.0218. The van der Waals surface area contributed by atoms with Crippen LogP contribution in [0, 0.1) is 0 Å². The van der Waals surface area contributed by atoms with Crippen LogP contribution in [0.5, 0.6) is 0 Å². The molecular formula is C39H34F4N6O8S2. The molecule has 0 spiro atoms. The minimum Gasteiger partial charge on any atom is -0.480 e. The monoisotopic (exact) mass is 854 g/mol. The first-order chi connectivity index (χ1) is 28.3. The molecule has 2 aromatic carbocycles. The Morgan fingerprint density at radius 2 is 1.14 bits per heavy atom. The summed E-state index contributed by atoms with van der Waals surface area (Å²) in [5.41, 5.74) is 6.90. The summed E-state index contributed by atoms with van der Waals surface area (Å²) < 4.78 is 63.3. The molecule has 6 N–H and O–H groups in total. The fourth-order valence-corrected chi connectivity index (χ4v) is 7.16. The van der Waals surface area contributed by atoms with E-state index in [9.17, 15) is 41.5 Å². The van der Waals surface area contributed by atoms with Gasteiger partial charge in [0.15, 0.2) is 0 Å². The highest BCUT2D eigenvalue weighted by Crippen LogP contribution is 2.34. The van der Waals surface area contributed by atoms with Crippen LogP contribution in [0.1, 0.15) is 54.4 Å². The number of alkyl carbamates (subject to hydrolysis) is 1. The van der Waals surface area contributed by atoms with E-state index in [0.717, 1.165) is 33.8 Å². The summed E-state index contributed by atoms with van der Waals surface area (Å²) in [6.07, 6.45) is -3.76. The number of nitrogens with zero attached hydrogens (tertiary/aromatic N) is 2. The van der Waals surface area contributed by atoms with Crippen molar-refractivity contribution in [2.45, 2.75) is 38.1 Å². The average molecular weight is 855 g/mol. The van der Waals surface area contributed by atoms with Gasteiger partial charge in [-0.25, -0.2) is 27.2 Å². The molecule has 59 heavy (non-hydrogen) atoms. The molecule has 0 aliphatic heterocycles. The molecule has 0 unspecified atom stereocenters. The number of pyridine rings is 2. The molecule has 0 saturated heterocycles. The molecule has 308 valence electrons. The van der Waals surface area contributed by atoms with Crippen molar-refractivity contribution >= 4 is 73.0 Å². The van der Waals surface area contributed by atoms with Gasteiger partial charge in [0, 0.05) is 36.6 Å². The summed E-state index contributed by atoms with van der Waals surface area (Å²) in [7, 11) is 0. The Balaban J connectivity index is 0.000000266. The molecule has 0 radical (unpaired) electrons.